The summed E-state index contributed by atoms with van der Waals surface area (Å²) in [6, 6.07) is 0. The van der Waals surface area contributed by atoms with Crippen LogP contribution in [0.3, 0.4) is 0 Å². The zero-order valence-corrected chi connectivity index (χ0v) is 9.75. The van der Waals surface area contributed by atoms with E-state index in [0.29, 0.717) is 0 Å². The van der Waals surface area contributed by atoms with E-state index in [1.165, 1.54) is 5.16 Å². The molecule has 0 aliphatic carbocycles. The predicted octanol–water partition coefficient (Wildman–Crippen LogP) is 0.654. The van der Waals surface area contributed by atoms with Crippen LogP contribution in [0, 0.1) is 0 Å². The summed E-state index contributed by atoms with van der Waals surface area (Å²) in [6.07, 6.45) is 0. The van der Waals surface area contributed by atoms with Crippen molar-refractivity contribution in [2.24, 2.45) is 0 Å². The molecule has 0 N–H and O–H groups in total. The zero-order chi connectivity index (χ0) is 2.71. The van der Waals surface area contributed by atoms with Crippen LogP contribution >= 0.6 is 12.2 Å². The smallest absolute Gasteiger partial charge is 0.753 e. The minimum absolute atomic E-state index is 0. The molecule has 0 aliphatic rings. The fourth-order valence-corrected chi connectivity index (χ4v) is 0. The average Bonchev–Trinajstić information content (AvgIpc) is 0.918. The minimum atomic E-state index is 0. The molecular weight excluding hydrogens is 318 g/mol. The molecule has 0 atom stereocenters. The molecule has 4 heteroatoms. The molecule has 0 unspecified atom stereocenters. The van der Waals surface area contributed by atoms with E-state index in [4.69, 9.17) is 5.41 Å². The summed E-state index contributed by atoms with van der Waals surface area (Å²) in [7, 11) is 0. The largest absolute Gasteiger partial charge is 1.00 e. The summed E-state index contributed by atoms with van der Waals surface area (Å²) in [5, 5.41) is 8.47. The van der Waals surface area contributed by atoms with Crippen LogP contribution in [-0.4, -0.2) is 5.16 Å². The molecule has 5 heavy (non-hydrogen) atoms. The van der Waals surface area contributed by atoms with Gasteiger partial charge in [-0.15, -0.1) is 0 Å². The molecule has 0 aromatic heterocycles. The first-order chi connectivity index (χ1) is 1.41. The van der Waals surface area contributed by atoms with E-state index in [9.17, 15) is 0 Å². The van der Waals surface area contributed by atoms with Crippen molar-refractivity contribution in [3.63, 3.8) is 0 Å². The molecule has 0 rings (SSSR count). The maximum atomic E-state index is 7.13. The molecule has 0 spiro atoms. The summed E-state index contributed by atoms with van der Waals surface area (Å²) in [6.45, 7) is 0. The standard InChI is InChI=1S/CNS.Co.Hg/c2-1-3;;/q-1;;+1. The Labute approximate surface area is 66.7 Å². The molecule has 0 fully saturated rings. The molecule has 26 valence electrons. The third-order valence-electron chi connectivity index (χ3n) is 0. The second-order valence-corrected chi connectivity index (χ2v) is 0.274. The Balaban J connectivity index is -0.0000000200. The van der Waals surface area contributed by atoms with Gasteiger partial charge in [0.05, 0.1) is 0 Å². The fraction of sp³-hybridized carbons (Fsp3) is 0. The molecule has 0 aromatic carbocycles. The summed E-state index contributed by atoms with van der Waals surface area (Å²) in [5.41, 5.74) is 0. The van der Waals surface area contributed by atoms with Gasteiger partial charge in [-0.05, 0) is 0 Å². The van der Waals surface area contributed by atoms with Gasteiger partial charge in [0.15, 0.2) is 0 Å². The molecule has 1 nitrogen and oxygen atoms in total. The van der Waals surface area contributed by atoms with Crippen LogP contribution in [0.15, 0.2) is 0 Å². The number of isothiocyanates is 1. The second kappa shape index (κ2) is 18.8. The molecule has 0 saturated carbocycles. The predicted molar refractivity (Wildman–Crippen MR) is 16.0 cm³/mol. The second-order valence-electron chi connectivity index (χ2n) is 0.0913. The molecule has 0 heterocycles. The van der Waals surface area contributed by atoms with Crippen molar-refractivity contribution in [1.82, 2.24) is 0 Å². The van der Waals surface area contributed by atoms with Crippen molar-refractivity contribution in [2.45, 2.75) is 0 Å². The molecule has 2 radical (unpaired) electrons. The Hall–Kier alpha value is 1.24. The van der Waals surface area contributed by atoms with E-state index >= 15 is 0 Å². The van der Waals surface area contributed by atoms with Crippen LogP contribution in [0.5, 0.6) is 0 Å². The van der Waals surface area contributed by atoms with E-state index in [2.05, 4.69) is 12.2 Å². The Morgan fingerprint density at radius 3 is 1.60 bits per heavy atom. The third kappa shape index (κ3) is 35.7. The van der Waals surface area contributed by atoms with Crippen molar-refractivity contribution in [2.75, 3.05) is 0 Å². The molecule has 0 aromatic rings. The third-order valence-corrected chi connectivity index (χ3v) is 0. The Kier molecular flexibility index (Phi) is 61.3. The van der Waals surface area contributed by atoms with E-state index in [-0.39, 0.29) is 44.4 Å². The van der Waals surface area contributed by atoms with Gasteiger partial charge in [-0.25, -0.2) is 0 Å². The Bertz CT molecular complexity index is 32.6. The fourth-order valence-electron chi connectivity index (χ4n) is 0. The van der Waals surface area contributed by atoms with Gasteiger partial charge in [0.2, 0.25) is 0 Å². The van der Waals surface area contributed by atoms with Gasteiger partial charge in [0.25, 0.3) is 0 Å². The Morgan fingerprint density at radius 1 is 1.60 bits per heavy atom. The molecular formula is CCoHgNS. The van der Waals surface area contributed by atoms with Crippen LogP contribution in [-0.2, 0) is 44.4 Å². The molecule has 0 amide bonds. The van der Waals surface area contributed by atoms with E-state index < -0.39 is 0 Å². The topological polar surface area (TPSA) is 22.3 Å². The summed E-state index contributed by atoms with van der Waals surface area (Å²) in [5.74, 6) is 0. The molecule has 0 bridgehead atoms. The van der Waals surface area contributed by atoms with E-state index in [1.54, 1.807) is 0 Å². The number of hydrogen-bond donors (Lipinski definition) is 0. The van der Waals surface area contributed by atoms with Gasteiger partial charge in [0, 0.05) is 16.8 Å². The van der Waals surface area contributed by atoms with E-state index in [0.717, 1.165) is 0 Å². The molecule has 0 saturated heterocycles. The van der Waals surface area contributed by atoms with Crippen LogP contribution in [0.4, 0.5) is 0 Å². The number of hydrogen-bond acceptors (Lipinski definition) is 1. The van der Waals surface area contributed by atoms with Crippen molar-refractivity contribution >= 4 is 17.4 Å². The average molecular weight is 318 g/mol. The summed E-state index contributed by atoms with van der Waals surface area (Å²) in [4.78, 5) is 0. The van der Waals surface area contributed by atoms with Crippen LogP contribution in [0.25, 0.3) is 5.41 Å². The van der Waals surface area contributed by atoms with Crippen molar-refractivity contribution in [3.05, 3.63) is 5.41 Å². The molecule has 0 aliphatic heterocycles. The SMILES string of the molecule is [Co].[Hg+].[N-]=C=S. The van der Waals surface area contributed by atoms with E-state index in [1.807, 2.05) is 0 Å². The summed E-state index contributed by atoms with van der Waals surface area (Å²) >= 11 is 3.70. The first-order valence-electron chi connectivity index (χ1n) is 0.428. The van der Waals surface area contributed by atoms with Crippen molar-refractivity contribution in [1.29, 1.82) is 0 Å². The summed E-state index contributed by atoms with van der Waals surface area (Å²) < 4.78 is 0. The normalized spacial score (nSPS) is 1.60. The number of rotatable bonds is 0. The first-order valence-corrected chi connectivity index (χ1v) is 0.836. The van der Waals surface area contributed by atoms with Gasteiger partial charge in [-0.1, -0.05) is 12.2 Å². The van der Waals surface area contributed by atoms with Gasteiger partial charge < -0.3 is 5.41 Å². The van der Waals surface area contributed by atoms with Gasteiger partial charge in [-0.3, -0.25) is 0 Å². The van der Waals surface area contributed by atoms with Gasteiger partial charge in [0.1, 0.15) is 0 Å². The number of thiocarbonyl (C=S) groups is 1. The van der Waals surface area contributed by atoms with Crippen molar-refractivity contribution < 1.29 is 44.4 Å². The monoisotopic (exact) mass is 319 g/mol. The van der Waals surface area contributed by atoms with Crippen LogP contribution < -0.4 is 0 Å². The van der Waals surface area contributed by atoms with Crippen LogP contribution in [0.1, 0.15) is 0 Å². The van der Waals surface area contributed by atoms with Crippen molar-refractivity contribution in [3.8, 4) is 0 Å². The minimum Gasteiger partial charge on any atom is -0.753 e. The quantitative estimate of drug-likeness (QED) is 0.365. The van der Waals surface area contributed by atoms with Gasteiger partial charge in [-0.2, -0.15) is 5.16 Å². The Morgan fingerprint density at radius 2 is 1.60 bits per heavy atom. The maximum absolute atomic E-state index is 7.13. The zero-order valence-electron chi connectivity index (χ0n) is 2.40. The number of nitrogens with zero attached hydrogens (tertiary/aromatic N) is 1. The van der Waals surface area contributed by atoms with Gasteiger partial charge >= 0.3 is 27.7 Å². The maximum Gasteiger partial charge on any atom is 1.00 e. The first kappa shape index (κ1) is 16.3. The van der Waals surface area contributed by atoms with Crippen LogP contribution in [0.2, 0.25) is 0 Å².